The smallest absolute Gasteiger partial charge is 0.369 e. The van der Waals surface area contributed by atoms with E-state index in [1.54, 1.807) is 23.1 Å². The summed E-state index contributed by atoms with van der Waals surface area (Å²) < 4.78 is 39.1. The molecule has 2 heterocycles. The van der Waals surface area contributed by atoms with E-state index in [2.05, 4.69) is 9.97 Å². The Bertz CT molecular complexity index is 867. The molecule has 1 saturated heterocycles. The number of piperidine rings is 1. The molecule has 1 aliphatic rings. The van der Waals surface area contributed by atoms with Gasteiger partial charge in [-0.15, -0.1) is 0 Å². The molecule has 27 heavy (non-hydrogen) atoms. The van der Waals surface area contributed by atoms with Gasteiger partial charge in [0.15, 0.2) is 0 Å². The number of alkyl halides is 3. The number of primary amides is 1. The number of amides is 2. The van der Waals surface area contributed by atoms with Gasteiger partial charge in [-0.2, -0.15) is 13.2 Å². The number of nitrogens with two attached hydrogens (primary N) is 1. The van der Waals surface area contributed by atoms with Crippen LogP contribution in [0.2, 0.25) is 0 Å². The predicted octanol–water partition coefficient (Wildman–Crippen LogP) is 2.46. The Kier molecular flexibility index (Phi) is 5.54. The largest absolute Gasteiger partial charge is 0.451 e. The molecule has 144 valence electrons. The van der Waals surface area contributed by atoms with Gasteiger partial charge in [-0.1, -0.05) is 30.0 Å². The number of carbonyl (C=O) groups is 2. The van der Waals surface area contributed by atoms with Gasteiger partial charge in [0.2, 0.25) is 17.6 Å². The van der Waals surface area contributed by atoms with E-state index in [9.17, 15) is 22.8 Å². The van der Waals surface area contributed by atoms with Crippen LogP contribution in [0.25, 0.3) is 10.9 Å². The molecular weight excluding hydrogens is 381 g/mol. The van der Waals surface area contributed by atoms with E-state index in [0.717, 1.165) is 11.8 Å². The highest BCUT2D eigenvalue weighted by atomic mass is 32.2. The Labute approximate surface area is 157 Å². The number of aromatic nitrogens is 2. The molecule has 0 saturated carbocycles. The number of benzene rings is 1. The number of likely N-dealkylation sites (tertiary alicyclic amines) is 1. The second kappa shape index (κ2) is 7.71. The third kappa shape index (κ3) is 4.49. The van der Waals surface area contributed by atoms with Gasteiger partial charge >= 0.3 is 6.18 Å². The van der Waals surface area contributed by atoms with Crippen LogP contribution >= 0.6 is 11.8 Å². The molecular formula is C17H17F3N4O2S. The first-order valence-corrected chi connectivity index (χ1v) is 9.28. The number of carbonyl (C=O) groups excluding carboxylic acids is 2. The highest BCUT2D eigenvalue weighted by Gasteiger charge is 2.35. The Hall–Kier alpha value is -2.36. The van der Waals surface area contributed by atoms with Crippen molar-refractivity contribution in [3.8, 4) is 0 Å². The van der Waals surface area contributed by atoms with Crippen molar-refractivity contribution in [3.05, 3.63) is 30.1 Å². The van der Waals surface area contributed by atoms with Crippen LogP contribution in [-0.2, 0) is 15.8 Å². The summed E-state index contributed by atoms with van der Waals surface area (Å²) in [4.78, 5) is 32.4. The minimum absolute atomic E-state index is 0.0421. The molecule has 0 bridgehead atoms. The summed E-state index contributed by atoms with van der Waals surface area (Å²) in [5, 5.41) is 0.587. The summed E-state index contributed by atoms with van der Waals surface area (Å²) in [5.41, 5.74) is 5.45. The number of halogens is 3. The molecule has 0 radical (unpaired) electrons. The molecule has 1 aromatic heterocycles. The normalized spacial score (nSPS) is 15.9. The van der Waals surface area contributed by atoms with E-state index in [1.165, 1.54) is 6.07 Å². The van der Waals surface area contributed by atoms with Crippen LogP contribution in [0.3, 0.4) is 0 Å². The lowest BCUT2D eigenvalue weighted by atomic mass is 9.96. The lowest BCUT2D eigenvalue weighted by molar-refractivity contribution is -0.145. The average Bonchev–Trinajstić information content (AvgIpc) is 2.65. The lowest BCUT2D eigenvalue weighted by Crippen LogP contribution is -2.42. The number of hydrogen-bond donors (Lipinski definition) is 1. The van der Waals surface area contributed by atoms with Gasteiger partial charge < -0.3 is 10.6 Å². The molecule has 6 nitrogen and oxygen atoms in total. The first-order chi connectivity index (χ1) is 12.8. The van der Waals surface area contributed by atoms with Gasteiger partial charge in [0.05, 0.1) is 11.3 Å². The molecule has 0 aliphatic carbocycles. The maximum absolute atomic E-state index is 13.0. The van der Waals surface area contributed by atoms with Gasteiger partial charge in [0.1, 0.15) is 5.03 Å². The minimum atomic E-state index is -4.67. The predicted molar refractivity (Wildman–Crippen MR) is 93.8 cm³/mol. The number of rotatable bonds is 4. The number of hydrogen-bond acceptors (Lipinski definition) is 5. The Morgan fingerprint density at radius 2 is 1.85 bits per heavy atom. The van der Waals surface area contributed by atoms with Crippen molar-refractivity contribution >= 4 is 34.5 Å². The Morgan fingerprint density at radius 1 is 1.19 bits per heavy atom. The molecule has 2 aromatic rings. The highest BCUT2D eigenvalue weighted by Crippen LogP contribution is 2.32. The SMILES string of the molecule is NC(=O)C1CCN(C(=O)CSc2nc(C(F)(F)F)nc3ccccc23)CC1. The second-order valence-corrected chi connectivity index (χ2v) is 7.18. The fraction of sp³-hybridized carbons (Fsp3) is 0.412. The lowest BCUT2D eigenvalue weighted by Gasteiger charge is -2.30. The fourth-order valence-corrected chi connectivity index (χ4v) is 3.84. The zero-order chi connectivity index (χ0) is 19.6. The van der Waals surface area contributed by atoms with E-state index in [-0.39, 0.29) is 34.0 Å². The summed E-state index contributed by atoms with van der Waals surface area (Å²) in [7, 11) is 0. The van der Waals surface area contributed by atoms with Gasteiger partial charge in [-0.05, 0) is 18.9 Å². The van der Waals surface area contributed by atoms with Crippen LogP contribution in [0.4, 0.5) is 13.2 Å². The topological polar surface area (TPSA) is 89.2 Å². The van der Waals surface area contributed by atoms with Crippen molar-refractivity contribution in [2.24, 2.45) is 11.7 Å². The molecule has 0 atom stereocenters. The zero-order valence-electron chi connectivity index (χ0n) is 14.2. The van der Waals surface area contributed by atoms with Crippen LogP contribution < -0.4 is 5.73 Å². The third-order valence-electron chi connectivity index (χ3n) is 4.40. The molecule has 2 N–H and O–H groups in total. The van der Waals surface area contributed by atoms with E-state index < -0.39 is 12.0 Å². The second-order valence-electron chi connectivity index (χ2n) is 6.21. The van der Waals surface area contributed by atoms with Crippen molar-refractivity contribution in [1.29, 1.82) is 0 Å². The van der Waals surface area contributed by atoms with Gasteiger partial charge in [-0.3, -0.25) is 9.59 Å². The van der Waals surface area contributed by atoms with Crippen LogP contribution in [0.15, 0.2) is 29.3 Å². The molecule has 0 spiro atoms. The third-order valence-corrected chi connectivity index (χ3v) is 5.38. The summed E-state index contributed by atoms with van der Waals surface area (Å²) in [6.07, 6.45) is -3.67. The maximum atomic E-state index is 13.0. The number of thioether (sulfide) groups is 1. The van der Waals surface area contributed by atoms with Crippen molar-refractivity contribution in [2.75, 3.05) is 18.8 Å². The molecule has 0 unspecified atom stereocenters. The Balaban J connectivity index is 1.73. The zero-order valence-corrected chi connectivity index (χ0v) is 15.0. The van der Waals surface area contributed by atoms with Crippen molar-refractivity contribution in [1.82, 2.24) is 14.9 Å². The highest BCUT2D eigenvalue weighted by molar-refractivity contribution is 8.00. The summed E-state index contributed by atoms with van der Waals surface area (Å²) >= 11 is 0.955. The quantitative estimate of drug-likeness (QED) is 0.631. The van der Waals surface area contributed by atoms with Crippen LogP contribution in [-0.4, -0.2) is 45.5 Å². The molecule has 2 amide bonds. The number of para-hydroxylation sites is 1. The van der Waals surface area contributed by atoms with Crippen molar-refractivity contribution in [3.63, 3.8) is 0 Å². The molecule has 1 aliphatic heterocycles. The monoisotopic (exact) mass is 398 g/mol. The van der Waals surface area contributed by atoms with Gasteiger partial charge in [-0.25, -0.2) is 9.97 Å². The first-order valence-electron chi connectivity index (χ1n) is 8.29. The van der Waals surface area contributed by atoms with Crippen LogP contribution in [0, 0.1) is 5.92 Å². The van der Waals surface area contributed by atoms with Crippen LogP contribution in [0.5, 0.6) is 0 Å². The summed E-state index contributed by atoms with van der Waals surface area (Å²) in [6, 6.07) is 6.38. The van der Waals surface area contributed by atoms with E-state index in [1.807, 2.05) is 0 Å². The average molecular weight is 398 g/mol. The first kappa shape index (κ1) is 19.4. The molecule has 1 fully saturated rings. The molecule has 1 aromatic carbocycles. The van der Waals surface area contributed by atoms with Crippen molar-refractivity contribution in [2.45, 2.75) is 24.0 Å². The Morgan fingerprint density at radius 3 is 2.48 bits per heavy atom. The molecule has 3 rings (SSSR count). The van der Waals surface area contributed by atoms with Crippen molar-refractivity contribution < 1.29 is 22.8 Å². The minimum Gasteiger partial charge on any atom is -0.369 e. The van der Waals surface area contributed by atoms with Gasteiger partial charge in [0, 0.05) is 24.4 Å². The van der Waals surface area contributed by atoms with E-state index >= 15 is 0 Å². The molecule has 10 heteroatoms. The summed E-state index contributed by atoms with van der Waals surface area (Å²) in [6.45, 7) is 0.816. The number of fused-ring (bicyclic) bond motifs is 1. The van der Waals surface area contributed by atoms with E-state index in [4.69, 9.17) is 5.73 Å². The van der Waals surface area contributed by atoms with E-state index in [0.29, 0.717) is 31.3 Å². The fourth-order valence-electron chi connectivity index (χ4n) is 2.92. The number of nitrogens with zero attached hydrogens (tertiary/aromatic N) is 3. The summed E-state index contributed by atoms with van der Waals surface area (Å²) in [5.74, 6) is -2.08. The maximum Gasteiger partial charge on any atom is 0.451 e. The van der Waals surface area contributed by atoms with Crippen LogP contribution in [0.1, 0.15) is 18.7 Å². The standard InChI is InChI=1S/C17H17F3N4O2S/c18-17(19,20)16-22-12-4-2-1-3-11(12)15(23-16)27-9-13(25)24-7-5-10(6-8-24)14(21)26/h1-4,10H,5-9H2,(H2,21,26). The van der Waals surface area contributed by atoms with Gasteiger partial charge in [0.25, 0.3) is 0 Å².